The largest absolute Gasteiger partial charge is 0.455 e. The van der Waals surface area contributed by atoms with Crippen molar-refractivity contribution in [1.29, 1.82) is 0 Å². The predicted octanol–water partition coefficient (Wildman–Crippen LogP) is 12.8. The van der Waals surface area contributed by atoms with Crippen LogP contribution in [-0.2, 0) is 0 Å². The van der Waals surface area contributed by atoms with Crippen LogP contribution < -0.4 is 4.74 Å². The Morgan fingerprint density at radius 3 is 1.10 bits per heavy atom. The molecule has 0 N–H and O–H groups in total. The molecule has 240 valence electrons. The van der Waals surface area contributed by atoms with Crippen LogP contribution >= 0.6 is 0 Å². The zero-order valence-electron chi connectivity index (χ0n) is 27.4. The minimum Gasteiger partial charge on any atom is -0.455 e. The second-order valence-electron chi connectivity index (χ2n) is 13.2. The summed E-state index contributed by atoms with van der Waals surface area (Å²) in [7, 11) is 0. The number of hydrogen-bond donors (Lipinski definition) is 0. The third kappa shape index (κ3) is 4.54. The Morgan fingerprint density at radius 2 is 0.706 bits per heavy atom. The molecule has 1 heterocycles. The molecule has 0 spiro atoms. The van der Waals surface area contributed by atoms with Crippen molar-refractivity contribution in [2.24, 2.45) is 0 Å². The molecular formula is C47H29NO3. The van der Waals surface area contributed by atoms with Gasteiger partial charge in [0.25, 0.3) is 5.69 Å². The number of fused-ring (bicyclic) bond motifs is 12. The van der Waals surface area contributed by atoms with Crippen molar-refractivity contribution in [1.82, 2.24) is 0 Å². The van der Waals surface area contributed by atoms with Gasteiger partial charge < -0.3 is 4.74 Å². The van der Waals surface area contributed by atoms with E-state index in [4.69, 9.17) is 4.74 Å². The maximum atomic E-state index is 11.1. The van der Waals surface area contributed by atoms with Gasteiger partial charge in [0, 0.05) is 39.9 Å². The van der Waals surface area contributed by atoms with E-state index in [-0.39, 0.29) is 16.5 Å². The van der Waals surface area contributed by atoms with Crippen LogP contribution in [0, 0.1) is 10.1 Å². The Balaban J connectivity index is 1.17. The number of nitro groups is 1. The van der Waals surface area contributed by atoms with Crippen LogP contribution in [0.1, 0.15) is 22.6 Å². The lowest BCUT2D eigenvalue weighted by molar-refractivity contribution is -0.384. The van der Waals surface area contributed by atoms with Crippen LogP contribution in [0.15, 0.2) is 170 Å². The molecule has 4 heteroatoms. The lowest BCUT2D eigenvalue weighted by Gasteiger charge is -2.33. The van der Waals surface area contributed by atoms with Gasteiger partial charge in [0.1, 0.15) is 11.5 Å². The van der Waals surface area contributed by atoms with E-state index in [9.17, 15) is 10.1 Å². The molecule has 9 aromatic carbocycles. The van der Waals surface area contributed by atoms with Gasteiger partial charge in [0.2, 0.25) is 0 Å². The van der Waals surface area contributed by atoms with Gasteiger partial charge in [-0.25, -0.2) is 0 Å². The number of nitrogens with zero attached hydrogens (tertiary/aromatic N) is 1. The quantitative estimate of drug-likeness (QED) is 0.108. The zero-order chi connectivity index (χ0) is 34.1. The highest BCUT2D eigenvalue weighted by molar-refractivity contribution is 6.17. The molecule has 0 radical (unpaired) electrons. The Hall–Kier alpha value is -6.78. The molecule has 0 aliphatic carbocycles. The number of rotatable bonds is 4. The first-order valence-corrected chi connectivity index (χ1v) is 17.1. The lowest BCUT2D eigenvalue weighted by atomic mass is 9.76. The van der Waals surface area contributed by atoms with Gasteiger partial charge in [-0.15, -0.1) is 0 Å². The SMILES string of the molecule is O=[N+]([O-])c1ccc(-c2ccc(-c3ccc(C4c5c(c6ccccc6c6ccccc56)Oc5c4c4ccccc4c4ccccc54)cc3)cc2)cc1. The van der Waals surface area contributed by atoms with Gasteiger partial charge >= 0.3 is 0 Å². The fraction of sp³-hybridized carbons (Fsp3) is 0.0213. The van der Waals surface area contributed by atoms with E-state index in [0.29, 0.717) is 0 Å². The van der Waals surface area contributed by atoms with Crippen molar-refractivity contribution in [2.45, 2.75) is 5.92 Å². The first-order valence-electron chi connectivity index (χ1n) is 17.1. The Kier molecular flexibility index (Phi) is 6.52. The van der Waals surface area contributed by atoms with Gasteiger partial charge in [-0.1, -0.05) is 146 Å². The summed E-state index contributed by atoms with van der Waals surface area (Å²) in [5.41, 5.74) is 7.86. The summed E-state index contributed by atoms with van der Waals surface area (Å²) >= 11 is 0. The molecule has 1 aliphatic heterocycles. The molecule has 0 unspecified atom stereocenters. The molecule has 0 fully saturated rings. The molecule has 0 amide bonds. The highest BCUT2D eigenvalue weighted by Gasteiger charge is 2.35. The van der Waals surface area contributed by atoms with Gasteiger partial charge in [-0.2, -0.15) is 0 Å². The average Bonchev–Trinajstić information content (AvgIpc) is 3.20. The number of nitro benzene ring substituents is 1. The van der Waals surface area contributed by atoms with Crippen molar-refractivity contribution in [3.8, 4) is 33.8 Å². The first kappa shape index (κ1) is 29.2. The predicted molar refractivity (Wildman–Crippen MR) is 208 cm³/mol. The molecule has 10 rings (SSSR count). The van der Waals surface area contributed by atoms with E-state index in [1.54, 1.807) is 24.3 Å². The van der Waals surface area contributed by atoms with Crippen molar-refractivity contribution in [3.05, 3.63) is 197 Å². The molecule has 0 bridgehead atoms. The average molecular weight is 656 g/mol. The smallest absolute Gasteiger partial charge is 0.269 e. The standard InChI is InChI=1S/C47H29NO3/c49-48(50)34-27-25-32(26-28-34)30-19-17-29(18-20-30)31-21-23-33(24-22-31)43-44-39-13-5-1-9-35(39)37-11-3-7-15-41(37)46(44)51-47-42-16-8-4-12-38(42)36-10-2-6-14-40(36)45(43)47/h1-28,43H. The summed E-state index contributed by atoms with van der Waals surface area (Å²) in [5.74, 6) is 1.77. The van der Waals surface area contributed by atoms with Crippen LogP contribution in [-0.4, -0.2) is 4.92 Å². The Morgan fingerprint density at radius 1 is 0.392 bits per heavy atom. The van der Waals surface area contributed by atoms with E-state index < -0.39 is 0 Å². The topological polar surface area (TPSA) is 52.4 Å². The number of hydrogen-bond acceptors (Lipinski definition) is 3. The van der Waals surface area contributed by atoms with Crippen LogP contribution in [0.2, 0.25) is 0 Å². The molecule has 4 nitrogen and oxygen atoms in total. The summed E-state index contributed by atoms with van der Waals surface area (Å²) in [4.78, 5) is 10.7. The fourth-order valence-corrected chi connectivity index (χ4v) is 8.14. The van der Waals surface area contributed by atoms with Crippen molar-refractivity contribution in [3.63, 3.8) is 0 Å². The van der Waals surface area contributed by atoms with Crippen LogP contribution in [0.4, 0.5) is 5.69 Å². The summed E-state index contributed by atoms with van der Waals surface area (Å²) in [5, 5.41) is 20.6. The minimum absolute atomic E-state index is 0.0775. The molecule has 9 aromatic rings. The van der Waals surface area contributed by atoms with Gasteiger partial charge in [0.05, 0.1) is 4.92 Å². The Labute approximate surface area is 294 Å². The summed E-state index contributed by atoms with van der Waals surface area (Å²) in [6.45, 7) is 0. The van der Waals surface area contributed by atoms with E-state index in [1.807, 2.05) is 0 Å². The summed E-state index contributed by atoms with van der Waals surface area (Å²) in [6.07, 6.45) is 0. The minimum atomic E-state index is -0.372. The molecule has 0 atom stereocenters. The second kappa shape index (κ2) is 11.4. The van der Waals surface area contributed by atoms with E-state index in [1.165, 1.54) is 49.0 Å². The van der Waals surface area contributed by atoms with Gasteiger partial charge in [0.15, 0.2) is 0 Å². The van der Waals surface area contributed by atoms with Gasteiger partial charge in [-0.05, 0) is 72.3 Å². The van der Waals surface area contributed by atoms with Crippen LogP contribution in [0.3, 0.4) is 0 Å². The fourth-order valence-electron chi connectivity index (χ4n) is 8.14. The number of ether oxygens (including phenoxy) is 1. The maximum absolute atomic E-state index is 11.1. The number of benzene rings is 9. The van der Waals surface area contributed by atoms with Crippen molar-refractivity contribution < 1.29 is 9.66 Å². The van der Waals surface area contributed by atoms with E-state index >= 15 is 0 Å². The van der Waals surface area contributed by atoms with Gasteiger partial charge in [-0.3, -0.25) is 10.1 Å². The monoisotopic (exact) mass is 655 g/mol. The maximum Gasteiger partial charge on any atom is 0.269 e. The number of non-ortho nitro benzene ring substituents is 1. The zero-order valence-corrected chi connectivity index (χ0v) is 27.4. The van der Waals surface area contributed by atoms with E-state index in [2.05, 4.69) is 146 Å². The molecule has 0 saturated carbocycles. The molecular weight excluding hydrogens is 627 g/mol. The normalized spacial score (nSPS) is 12.5. The van der Waals surface area contributed by atoms with Crippen molar-refractivity contribution in [2.75, 3.05) is 0 Å². The van der Waals surface area contributed by atoms with Crippen LogP contribution in [0.25, 0.3) is 65.3 Å². The molecule has 0 aromatic heterocycles. The second-order valence-corrected chi connectivity index (χ2v) is 13.2. The highest BCUT2D eigenvalue weighted by atomic mass is 16.6. The third-order valence-corrected chi connectivity index (χ3v) is 10.5. The molecule has 1 aliphatic rings. The third-order valence-electron chi connectivity index (χ3n) is 10.5. The molecule has 0 saturated heterocycles. The van der Waals surface area contributed by atoms with E-state index in [0.717, 1.165) is 44.5 Å². The van der Waals surface area contributed by atoms with Crippen molar-refractivity contribution >= 4 is 48.8 Å². The van der Waals surface area contributed by atoms with Crippen LogP contribution in [0.5, 0.6) is 11.5 Å². The lowest BCUT2D eigenvalue weighted by Crippen LogP contribution is -2.14. The molecule has 51 heavy (non-hydrogen) atoms. The summed E-state index contributed by atoms with van der Waals surface area (Å²) in [6, 6.07) is 58.7. The summed E-state index contributed by atoms with van der Waals surface area (Å²) < 4.78 is 7.20. The Bertz CT molecular complexity index is 2710. The highest BCUT2D eigenvalue weighted by Crippen LogP contribution is 2.57. The first-order chi connectivity index (χ1) is 25.1.